The van der Waals surface area contributed by atoms with Crippen LogP contribution in [-0.4, -0.2) is 21.8 Å². The minimum absolute atomic E-state index is 1.18. The van der Waals surface area contributed by atoms with Gasteiger partial charge in [-0.1, -0.05) is 0 Å². The molecule has 0 fully saturated rings. The fourth-order valence-corrected chi connectivity index (χ4v) is 6.01. The van der Waals surface area contributed by atoms with Gasteiger partial charge >= 0.3 is 77.5 Å². The molecule has 0 heterocycles. The molecule has 1 heteroatoms. The molecular weight excluding hydrogens is 329 g/mol. The Morgan fingerprint density at radius 1 is 1.09 bits per heavy atom. The third-order valence-corrected chi connectivity index (χ3v) is 7.69. The number of hydrogen-bond acceptors (Lipinski definition) is 0. The molecule has 0 bridgehead atoms. The van der Waals surface area contributed by atoms with E-state index in [9.17, 15) is 0 Å². The molecule has 11 heavy (non-hydrogen) atoms. The number of hydrogen-bond donors (Lipinski definition) is 0. The van der Waals surface area contributed by atoms with Crippen LogP contribution in [0.15, 0.2) is 18.2 Å². The number of benzene rings is 1. The summed E-state index contributed by atoms with van der Waals surface area (Å²) in [7, 11) is 0. The fraction of sp³-hybridized carbons (Fsp3) is 0.400. The van der Waals surface area contributed by atoms with Crippen LogP contribution >= 0.6 is 0 Å². The van der Waals surface area contributed by atoms with Crippen LogP contribution in [0, 0.1) is 13.8 Å². The van der Waals surface area contributed by atoms with Crippen molar-refractivity contribution in [3.63, 3.8) is 0 Å². The van der Waals surface area contributed by atoms with Crippen molar-refractivity contribution in [1.29, 1.82) is 0 Å². The molecule has 1 aromatic carbocycles. The quantitative estimate of drug-likeness (QED) is 0.686. The van der Waals surface area contributed by atoms with Crippen LogP contribution in [0.5, 0.6) is 0 Å². The number of aryl methyl sites for hydroxylation is 1. The van der Waals surface area contributed by atoms with E-state index < -0.39 is 21.8 Å². The van der Waals surface area contributed by atoms with Crippen molar-refractivity contribution in [2.24, 2.45) is 0 Å². The van der Waals surface area contributed by atoms with Crippen LogP contribution in [0.4, 0.5) is 0 Å². The molecule has 0 amide bonds. The summed E-state index contributed by atoms with van der Waals surface area (Å²) in [6, 6.07) is 6.69. The molecule has 1 rings (SSSR count). The van der Waals surface area contributed by atoms with Crippen molar-refractivity contribution in [3.8, 4) is 0 Å². The van der Waals surface area contributed by atoms with Gasteiger partial charge in [0.2, 0.25) is 0 Å². The summed E-state index contributed by atoms with van der Waals surface area (Å²) in [4.78, 5) is 0. The van der Waals surface area contributed by atoms with Gasteiger partial charge in [-0.2, -0.15) is 0 Å². The second-order valence-electron chi connectivity index (χ2n) is 3.11. The van der Waals surface area contributed by atoms with Gasteiger partial charge < -0.3 is 0 Å². The Bertz CT molecular complexity index is 251. The van der Waals surface area contributed by atoms with Gasteiger partial charge in [0.05, 0.1) is 0 Å². The first-order chi connectivity index (χ1) is 5.13. The summed E-state index contributed by atoms with van der Waals surface area (Å²) in [5, 5.41) is 0. The normalized spacial score (nSPS) is 10.6. The average molecular weight is 344 g/mol. The Labute approximate surface area is 77.3 Å². The van der Waals surface area contributed by atoms with E-state index in [1.165, 1.54) is 11.1 Å². The molecule has 0 saturated carbocycles. The van der Waals surface area contributed by atoms with Crippen LogP contribution in [0.1, 0.15) is 11.1 Å². The topological polar surface area (TPSA) is 0 Å². The molecule has 1 aromatic rings. The van der Waals surface area contributed by atoms with Crippen molar-refractivity contribution in [2.75, 3.05) is 0 Å². The monoisotopic (exact) mass is 344 g/mol. The number of rotatable bonds is 1. The predicted molar refractivity (Wildman–Crippen MR) is 53.0 cm³/mol. The zero-order valence-electron chi connectivity index (χ0n) is 7.68. The molecule has 0 spiro atoms. The molecule has 0 nitrogen and oxygen atoms in total. The third-order valence-electron chi connectivity index (χ3n) is 2.06. The van der Waals surface area contributed by atoms with E-state index in [4.69, 9.17) is 0 Å². The maximum atomic E-state index is 2.44. The fourth-order valence-electron chi connectivity index (χ4n) is 1.22. The molecule has 60 valence electrons. The van der Waals surface area contributed by atoms with Crippen molar-refractivity contribution in [2.45, 2.75) is 23.1 Å². The molecule has 0 saturated heterocycles. The van der Waals surface area contributed by atoms with Gasteiger partial charge in [0.25, 0.3) is 0 Å². The first-order valence-electron chi connectivity index (χ1n) is 3.86. The zero-order chi connectivity index (χ0) is 8.43. The molecule has 0 aliphatic carbocycles. The van der Waals surface area contributed by atoms with Gasteiger partial charge in [-0.25, -0.2) is 0 Å². The van der Waals surface area contributed by atoms with Crippen molar-refractivity contribution >= 4 is 25.0 Å². The molecule has 0 radical (unpaired) electrons. The van der Waals surface area contributed by atoms with Crippen molar-refractivity contribution < 1.29 is 0 Å². The molecule has 0 N–H and O–H groups in total. The summed E-state index contributed by atoms with van der Waals surface area (Å²) >= 11 is -1.18. The van der Waals surface area contributed by atoms with Crippen LogP contribution in [0.3, 0.4) is 0 Å². The first-order valence-corrected chi connectivity index (χ1v) is 12.6. The molecule has 0 unspecified atom stereocenters. The molecule has 0 aliphatic rings. The Morgan fingerprint density at radius 2 is 1.73 bits per heavy atom. The van der Waals surface area contributed by atoms with E-state index in [1.54, 1.807) is 3.27 Å². The Hall–Kier alpha value is 0.103. The van der Waals surface area contributed by atoms with Crippen LogP contribution in [0.2, 0.25) is 9.26 Å². The maximum absolute atomic E-state index is 2.44. The molecule has 0 aromatic heterocycles. The van der Waals surface area contributed by atoms with E-state index in [2.05, 4.69) is 41.3 Å². The zero-order valence-corrected chi connectivity index (χ0v) is 11.2. The van der Waals surface area contributed by atoms with E-state index in [1.807, 2.05) is 0 Å². The Balaban J connectivity index is 3.17. The van der Waals surface area contributed by atoms with Gasteiger partial charge in [0.1, 0.15) is 0 Å². The molecule has 0 atom stereocenters. The molecular formula is C10H15Bi. The van der Waals surface area contributed by atoms with Gasteiger partial charge in [-0.15, -0.1) is 0 Å². The van der Waals surface area contributed by atoms with Gasteiger partial charge in [0, 0.05) is 0 Å². The van der Waals surface area contributed by atoms with Gasteiger partial charge in [-0.05, 0) is 0 Å². The summed E-state index contributed by atoms with van der Waals surface area (Å²) < 4.78 is 6.56. The minimum atomic E-state index is -1.18. The predicted octanol–water partition coefficient (Wildman–Crippen LogP) is 2.26. The van der Waals surface area contributed by atoms with E-state index >= 15 is 0 Å². The van der Waals surface area contributed by atoms with Crippen LogP contribution in [0.25, 0.3) is 0 Å². The van der Waals surface area contributed by atoms with Crippen LogP contribution in [-0.2, 0) is 0 Å². The van der Waals surface area contributed by atoms with Crippen molar-refractivity contribution in [1.82, 2.24) is 0 Å². The summed E-state index contributed by atoms with van der Waals surface area (Å²) in [5.74, 6) is 0. The van der Waals surface area contributed by atoms with Crippen LogP contribution < -0.4 is 3.27 Å². The van der Waals surface area contributed by atoms with E-state index in [0.29, 0.717) is 0 Å². The SMILES string of the molecule is Cc1ccc[c]([Bi]([CH3])[CH3])c1C. The second kappa shape index (κ2) is 3.67. The summed E-state index contributed by atoms with van der Waals surface area (Å²) in [6.45, 7) is 4.45. The standard InChI is InChI=1S/C8H9.2CH3.Bi/c1-7-5-3-4-6-8(7)2;;;/h3-5H,1-2H3;2*1H3;. The van der Waals surface area contributed by atoms with Crippen molar-refractivity contribution in [3.05, 3.63) is 29.3 Å². The van der Waals surface area contributed by atoms with Gasteiger partial charge in [0.15, 0.2) is 0 Å². The first kappa shape index (κ1) is 9.19. The molecule has 0 aliphatic heterocycles. The third kappa shape index (κ3) is 2.02. The van der Waals surface area contributed by atoms with Gasteiger partial charge in [-0.3, -0.25) is 0 Å². The van der Waals surface area contributed by atoms with E-state index in [0.717, 1.165) is 0 Å². The summed E-state index contributed by atoms with van der Waals surface area (Å²) in [5.41, 5.74) is 2.99. The Morgan fingerprint density at radius 3 is 2.18 bits per heavy atom. The van der Waals surface area contributed by atoms with E-state index in [-0.39, 0.29) is 0 Å². The summed E-state index contributed by atoms with van der Waals surface area (Å²) in [6.07, 6.45) is 0. The average Bonchev–Trinajstić information content (AvgIpc) is 1.94. The Kier molecular flexibility index (Phi) is 3.07. The second-order valence-corrected chi connectivity index (χ2v) is 11.9.